The standard InChI is InChI=1S/C15H15ClFNO/c16-12-5-3-6-14(9-12)19-10-13(18)8-11-4-1-2-7-15(11)17/h1-7,9,13H,8,10,18H2. The quantitative estimate of drug-likeness (QED) is 0.910. The van der Waals surface area contributed by atoms with Crippen LogP contribution in [0.25, 0.3) is 0 Å². The normalized spacial score (nSPS) is 12.2. The molecule has 0 aromatic heterocycles. The first-order valence-corrected chi connectivity index (χ1v) is 6.40. The van der Waals surface area contributed by atoms with Crippen molar-refractivity contribution in [1.29, 1.82) is 0 Å². The highest BCUT2D eigenvalue weighted by atomic mass is 35.5. The zero-order chi connectivity index (χ0) is 13.7. The molecule has 0 aliphatic rings. The summed E-state index contributed by atoms with van der Waals surface area (Å²) in [6, 6.07) is 13.5. The molecule has 0 saturated carbocycles. The number of halogens is 2. The summed E-state index contributed by atoms with van der Waals surface area (Å²) in [5, 5.41) is 0.611. The van der Waals surface area contributed by atoms with Crippen LogP contribution in [0.15, 0.2) is 48.5 Å². The van der Waals surface area contributed by atoms with Gasteiger partial charge in [0.1, 0.15) is 18.2 Å². The number of benzene rings is 2. The van der Waals surface area contributed by atoms with Gasteiger partial charge in [-0.25, -0.2) is 4.39 Å². The lowest BCUT2D eigenvalue weighted by Crippen LogP contribution is -2.30. The molecular weight excluding hydrogens is 265 g/mol. The first kappa shape index (κ1) is 13.8. The highest BCUT2D eigenvalue weighted by Crippen LogP contribution is 2.17. The third-order valence-electron chi connectivity index (χ3n) is 2.70. The van der Waals surface area contributed by atoms with Crippen LogP contribution in [0.5, 0.6) is 5.75 Å². The van der Waals surface area contributed by atoms with Gasteiger partial charge < -0.3 is 10.5 Å². The average molecular weight is 280 g/mol. The van der Waals surface area contributed by atoms with Gasteiger partial charge in [-0.15, -0.1) is 0 Å². The lowest BCUT2D eigenvalue weighted by Gasteiger charge is -2.13. The van der Waals surface area contributed by atoms with Crippen LogP contribution < -0.4 is 10.5 Å². The fraction of sp³-hybridized carbons (Fsp3) is 0.200. The first-order chi connectivity index (χ1) is 9.15. The Labute approximate surface area is 117 Å². The number of ether oxygens (including phenoxy) is 1. The summed E-state index contributed by atoms with van der Waals surface area (Å²) >= 11 is 5.85. The predicted octanol–water partition coefficient (Wildman–Crippen LogP) is 3.43. The van der Waals surface area contributed by atoms with Gasteiger partial charge in [-0.05, 0) is 36.2 Å². The van der Waals surface area contributed by atoms with Gasteiger partial charge in [-0.2, -0.15) is 0 Å². The van der Waals surface area contributed by atoms with Crippen molar-refractivity contribution in [2.45, 2.75) is 12.5 Å². The summed E-state index contributed by atoms with van der Waals surface area (Å²) in [5.41, 5.74) is 6.54. The van der Waals surface area contributed by atoms with Crippen LogP contribution in [0.4, 0.5) is 4.39 Å². The fourth-order valence-electron chi connectivity index (χ4n) is 1.77. The van der Waals surface area contributed by atoms with Crippen LogP contribution in [-0.4, -0.2) is 12.6 Å². The van der Waals surface area contributed by atoms with Crippen molar-refractivity contribution in [2.24, 2.45) is 5.73 Å². The Morgan fingerprint density at radius 1 is 1.16 bits per heavy atom. The van der Waals surface area contributed by atoms with E-state index < -0.39 is 0 Å². The Hall–Kier alpha value is -1.58. The van der Waals surface area contributed by atoms with Gasteiger partial charge in [-0.1, -0.05) is 35.9 Å². The highest BCUT2D eigenvalue weighted by molar-refractivity contribution is 6.30. The fourth-order valence-corrected chi connectivity index (χ4v) is 1.95. The molecule has 0 radical (unpaired) electrons. The maximum absolute atomic E-state index is 13.5. The summed E-state index contributed by atoms with van der Waals surface area (Å²) in [5.74, 6) is 0.428. The molecular formula is C15H15ClFNO. The Balaban J connectivity index is 1.88. The van der Waals surface area contributed by atoms with E-state index in [2.05, 4.69) is 0 Å². The van der Waals surface area contributed by atoms with Crippen molar-refractivity contribution < 1.29 is 9.13 Å². The number of hydrogen-bond donors (Lipinski definition) is 1. The van der Waals surface area contributed by atoms with E-state index in [1.807, 2.05) is 6.07 Å². The molecule has 2 rings (SSSR count). The molecule has 4 heteroatoms. The van der Waals surface area contributed by atoms with E-state index in [0.717, 1.165) is 0 Å². The molecule has 1 unspecified atom stereocenters. The minimum Gasteiger partial charge on any atom is -0.492 e. The maximum atomic E-state index is 13.5. The van der Waals surface area contributed by atoms with Crippen molar-refractivity contribution in [3.05, 3.63) is 64.9 Å². The Bertz CT molecular complexity index is 547. The second kappa shape index (κ2) is 6.55. The van der Waals surface area contributed by atoms with Gasteiger partial charge in [0.2, 0.25) is 0 Å². The van der Waals surface area contributed by atoms with Crippen LogP contribution in [-0.2, 0) is 6.42 Å². The monoisotopic (exact) mass is 279 g/mol. The topological polar surface area (TPSA) is 35.2 Å². The van der Waals surface area contributed by atoms with Gasteiger partial charge in [-0.3, -0.25) is 0 Å². The van der Waals surface area contributed by atoms with E-state index in [0.29, 0.717) is 29.4 Å². The Kier molecular flexibility index (Phi) is 4.77. The smallest absolute Gasteiger partial charge is 0.126 e. The Morgan fingerprint density at radius 3 is 2.68 bits per heavy atom. The van der Waals surface area contributed by atoms with Crippen LogP contribution in [0.3, 0.4) is 0 Å². The SMILES string of the molecule is NC(COc1cccc(Cl)c1)Cc1ccccc1F. The van der Waals surface area contributed by atoms with Gasteiger partial charge in [0.05, 0.1) is 0 Å². The lowest BCUT2D eigenvalue weighted by molar-refractivity contribution is 0.287. The first-order valence-electron chi connectivity index (χ1n) is 6.02. The van der Waals surface area contributed by atoms with Crippen molar-refractivity contribution in [2.75, 3.05) is 6.61 Å². The largest absolute Gasteiger partial charge is 0.492 e. The van der Waals surface area contributed by atoms with Crippen molar-refractivity contribution in [3.63, 3.8) is 0 Å². The third kappa shape index (κ3) is 4.23. The van der Waals surface area contributed by atoms with E-state index >= 15 is 0 Å². The van der Waals surface area contributed by atoms with Gasteiger partial charge in [0.15, 0.2) is 0 Å². The molecule has 0 spiro atoms. The molecule has 100 valence electrons. The molecule has 19 heavy (non-hydrogen) atoms. The van der Waals surface area contributed by atoms with Crippen LogP contribution >= 0.6 is 11.6 Å². The summed E-state index contributed by atoms with van der Waals surface area (Å²) in [6.07, 6.45) is 0.438. The molecule has 2 aromatic rings. The molecule has 0 heterocycles. The molecule has 2 aromatic carbocycles. The number of nitrogens with two attached hydrogens (primary N) is 1. The van der Waals surface area contributed by atoms with Crippen molar-refractivity contribution >= 4 is 11.6 Å². The molecule has 1 atom stereocenters. The average Bonchev–Trinajstić information content (AvgIpc) is 2.39. The van der Waals surface area contributed by atoms with E-state index in [9.17, 15) is 4.39 Å². The molecule has 0 fully saturated rings. The van der Waals surface area contributed by atoms with Crippen molar-refractivity contribution in [3.8, 4) is 5.75 Å². The second-order valence-electron chi connectivity index (χ2n) is 4.32. The lowest BCUT2D eigenvalue weighted by atomic mass is 10.1. The summed E-state index contributed by atoms with van der Waals surface area (Å²) in [6.45, 7) is 0.314. The van der Waals surface area contributed by atoms with Crippen LogP contribution in [0.2, 0.25) is 5.02 Å². The molecule has 0 saturated heterocycles. The Morgan fingerprint density at radius 2 is 1.95 bits per heavy atom. The minimum absolute atomic E-state index is 0.235. The zero-order valence-electron chi connectivity index (χ0n) is 10.4. The summed E-state index contributed by atoms with van der Waals surface area (Å²) < 4.78 is 19.0. The maximum Gasteiger partial charge on any atom is 0.126 e. The molecule has 2 N–H and O–H groups in total. The minimum atomic E-state index is -0.268. The molecule has 0 amide bonds. The molecule has 0 aliphatic heterocycles. The summed E-state index contributed by atoms with van der Waals surface area (Å²) in [4.78, 5) is 0. The van der Waals surface area contributed by atoms with Crippen LogP contribution in [0, 0.1) is 5.82 Å². The number of hydrogen-bond acceptors (Lipinski definition) is 2. The van der Waals surface area contributed by atoms with Gasteiger partial charge in [0, 0.05) is 11.1 Å². The highest BCUT2D eigenvalue weighted by Gasteiger charge is 2.08. The van der Waals surface area contributed by atoms with E-state index in [1.165, 1.54) is 6.07 Å². The number of rotatable bonds is 5. The third-order valence-corrected chi connectivity index (χ3v) is 2.94. The van der Waals surface area contributed by atoms with E-state index in [1.54, 1.807) is 36.4 Å². The van der Waals surface area contributed by atoms with E-state index in [-0.39, 0.29) is 11.9 Å². The predicted molar refractivity (Wildman–Crippen MR) is 75.0 cm³/mol. The van der Waals surface area contributed by atoms with Gasteiger partial charge in [0.25, 0.3) is 0 Å². The zero-order valence-corrected chi connectivity index (χ0v) is 11.1. The van der Waals surface area contributed by atoms with E-state index in [4.69, 9.17) is 22.1 Å². The molecule has 0 bridgehead atoms. The second-order valence-corrected chi connectivity index (χ2v) is 4.76. The summed E-state index contributed by atoms with van der Waals surface area (Å²) in [7, 11) is 0. The van der Waals surface area contributed by atoms with Gasteiger partial charge >= 0.3 is 0 Å². The molecule has 0 aliphatic carbocycles. The van der Waals surface area contributed by atoms with Crippen LogP contribution in [0.1, 0.15) is 5.56 Å². The molecule has 2 nitrogen and oxygen atoms in total. The van der Waals surface area contributed by atoms with Crippen molar-refractivity contribution in [1.82, 2.24) is 0 Å².